The molecule has 2 atom stereocenters. The lowest BCUT2D eigenvalue weighted by atomic mass is 10.2. The van der Waals surface area contributed by atoms with Gasteiger partial charge < -0.3 is 9.64 Å². The summed E-state index contributed by atoms with van der Waals surface area (Å²) in [6.07, 6.45) is 0.0602. The van der Waals surface area contributed by atoms with Gasteiger partial charge >= 0.3 is 0 Å². The van der Waals surface area contributed by atoms with Crippen LogP contribution in [0.5, 0.6) is 0 Å². The Kier molecular flexibility index (Phi) is 4.69. The summed E-state index contributed by atoms with van der Waals surface area (Å²) >= 11 is 11.0. The van der Waals surface area contributed by atoms with Crippen LogP contribution in [0.4, 0.5) is 0 Å². The highest BCUT2D eigenvalue weighted by Crippen LogP contribution is 2.29. The van der Waals surface area contributed by atoms with Gasteiger partial charge in [-0.1, -0.05) is 27.5 Å². The van der Waals surface area contributed by atoms with Gasteiger partial charge in [-0.2, -0.15) is 0 Å². The lowest BCUT2D eigenvalue weighted by molar-refractivity contribution is -0.0359. The number of hydrogen-bond acceptors (Lipinski definition) is 3. The van der Waals surface area contributed by atoms with Crippen molar-refractivity contribution in [3.05, 3.63) is 20.8 Å². The molecule has 0 aromatic carbocycles. The Labute approximate surface area is 124 Å². The van der Waals surface area contributed by atoms with Gasteiger partial charge in [0.2, 0.25) is 0 Å². The van der Waals surface area contributed by atoms with E-state index in [1.165, 1.54) is 11.3 Å². The number of carbonyl (C=O) groups excluding carboxylic acids is 1. The average molecular weight is 353 g/mol. The molecule has 18 heavy (non-hydrogen) atoms. The molecule has 0 bridgehead atoms. The van der Waals surface area contributed by atoms with Crippen molar-refractivity contribution in [2.24, 2.45) is 0 Å². The number of amides is 1. The molecule has 2 heterocycles. The number of carbonyl (C=O) groups is 1. The Morgan fingerprint density at radius 3 is 3.00 bits per heavy atom. The summed E-state index contributed by atoms with van der Waals surface area (Å²) in [7, 11) is 0. The summed E-state index contributed by atoms with van der Waals surface area (Å²) in [5.74, 6) is 0.0138. The number of alkyl halides is 1. The second kappa shape index (κ2) is 5.90. The van der Waals surface area contributed by atoms with Gasteiger partial charge in [-0.05, 0) is 24.8 Å². The van der Waals surface area contributed by atoms with Crippen LogP contribution in [0.3, 0.4) is 0 Å². The highest BCUT2D eigenvalue weighted by molar-refractivity contribution is 9.09. The minimum absolute atomic E-state index is 0.0138. The molecule has 3 nitrogen and oxygen atoms in total. The van der Waals surface area contributed by atoms with E-state index in [1.54, 1.807) is 0 Å². The zero-order chi connectivity index (χ0) is 13.3. The number of thiophene rings is 1. The Bertz CT molecular complexity index is 451. The fourth-order valence-electron chi connectivity index (χ4n) is 1.90. The molecule has 1 amide bonds. The van der Waals surface area contributed by atoms with Gasteiger partial charge in [-0.25, -0.2) is 0 Å². The largest absolute Gasteiger partial charge is 0.373 e. The van der Waals surface area contributed by atoms with E-state index in [0.717, 1.165) is 10.9 Å². The van der Waals surface area contributed by atoms with Gasteiger partial charge in [0.15, 0.2) is 0 Å². The maximum Gasteiger partial charge on any atom is 0.265 e. The summed E-state index contributed by atoms with van der Waals surface area (Å²) in [6, 6.07) is 0.0891. The molecule has 2 rings (SSSR count). The molecule has 1 fully saturated rings. The van der Waals surface area contributed by atoms with E-state index in [4.69, 9.17) is 16.3 Å². The molecule has 1 aromatic heterocycles. The third-order valence-electron chi connectivity index (χ3n) is 3.03. The molecule has 6 heteroatoms. The third kappa shape index (κ3) is 2.74. The fraction of sp³-hybridized carbons (Fsp3) is 0.583. The van der Waals surface area contributed by atoms with Crippen molar-refractivity contribution in [2.75, 3.05) is 18.5 Å². The summed E-state index contributed by atoms with van der Waals surface area (Å²) in [4.78, 5) is 15.0. The smallest absolute Gasteiger partial charge is 0.265 e. The van der Waals surface area contributed by atoms with Gasteiger partial charge in [-0.15, -0.1) is 11.3 Å². The molecule has 1 aromatic rings. The molecular weight excluding hydrogens is 338 g/mol. The molecule has 0 radical (unpaired) electrons. The lowest BCUT2D eigenvalue weighted by Crippen LogP contribution is -2.51. The molecule has 0 spiro atoms. The van der Waals surface area contributed by atoms with Crippen molar-refractivity contribution >= 4 is 44.8 Å². The Morgan fingerprint density at radius 2 is 2.44 bits per heavy atom. The van der Waals surface area contributed by atoms with Crippen molar-refractivity contribution < 1.29 is 9.53 Å². The van der Waals surface area contributed by atoms with Gasteiger partial charge in [0.25, 0.3) is 5.91 Å². The van der Waals surface area contributed by atoms with Crippen LogP contribution < -0.4 is 0 Å². The molecule has 0 saturated carbocycles. The maximum absolute atomic E-state index is 12.5. The van der Waals surface area contributed by atoms with Crippen LogP contribution in [0.15, 0.2) is 5.38 Å². The second-order valence-corrected chi connectivity index (χ2v) is 6.38. The summed E-state index contributed by atoms with van der Waals surface area (Å²) in [5, 5.41) is 3.24. The van der Waals surface area contributed by atoms with E-state index < -0.39 is 0 Å². The molecule has 1 aliphatic heterocycles. The van der Waals surface area contributed by atoms with Crippen LogP contribution >= 0.6 is 38.9 Å². The first-order valence-corrected chi connectivity index (χ1v) is 8.14. The minimum atomic E-state index is 0.0138. The summed E-state index contributed by atoms with van der Waals surface area (Å²) < 4.78 is 5.62. The topological polar surface area (TPSA) is 29.5 Å². The van der Waals surface area contributed by atoms with Crippen molar-refractivity contribution in [3.63, 3.8) is 0 Å². The number of nitrogens with zero attached hydrogens (tertiary/aromatic N) is 1. The second-order valence-electron chi connectivity index (χ2n) is 4.48. The first-order valence-electron chi connectivity index (χ1n) is 5.76. The number of hydrogen-bond donors (Lipinski definition) is 0. The lowest BCUT2D eigenvalue weighted by Gasteiger charge is -2.37. The quantitative estimate of drug-likeness (QED) is 0.764. The van der Waals surface area contributed by atoms with Gasteiger partial charge in [0, 0.05) is 11.9 Å². The molecule has 1 saturated heterocycles. The highest BCUT2D eigenvalue weighted by Gasteiger charge is 2.31. The summed E-state index contributed by atoms with van der Waals surface area (Å²) in [5.41, 5.74) is 0.961. The van der Waals surface area contributed by atoms with Crippen LogP contribution in [0, 0.1) is 6.92 Å². The molecule has 100 valence electrons. The number of rotatable bonds is 2. The average Bonchev–Trinajstić information content (AvgIpc) is 2.70. The standard InChI is InChI=1S/C12H15BrClNO2S/c1-7-6-18-11(10(7)14)12(16)15-4-9(3-13)17-5-8(15)2/h6,8-9H,3-5H2,1-2H3. The molecule has 2 unspecified atom stereocenters. The normalized spacial score (nSPS) is 24.3. The van der Waals surface area contributed by atoms with E-state index in [2.05, 4.69) is 15.9 Å². The zero-order valence-corrected chi connectivity index (χ0v) is 13.4. The van der Waals surface area contributed by atoms with Gasteiger partial charge in [-0.3, -0.25) is 4.79 Å². The Morgan fingerprint density at radius 1 is 1.72 bits per heavy atom. The van der Waals surface area contributed by atoms with E-state index in [0.29, 0.717) is 23.1 Å². The van der Waals surface area contributed by atoms with E-state index in [9.17, 15) is 4.79 Å². The van der Waals surface area contributed by atoms with Crippen LogP contribution in [-0.2, 0) is 4.74 Å². The first kappa shape index (κ1) is 14.3. The van der Waals surface area contributed by atoms with Crippen LogP contribution in [0.1, 0.15) is 22.2 Å². The monoisotopic (exact) mass is 351 g/mol. The maximum atomic E-state index is 12.5. The van der Waals surface area contributed by atoms with E-state index in [1.807, 2.05) is 24.1 Å². The summed E-state index contributed by atoms with van der Waals surface area (Å²) in [6.45, 7) is 5.10. The molecule has 0 N–H and O–H groups in total. The van der Waals surface area contributed by atoms with E-state index >= 15 is 0 Å². The predicted octanol–water partition coefficient (Wildman–Crippen LogP) is 3.33. The predicted molar refractivity (Wildman–Crippen MR) is 78.1 cm³/mol. The highest BCUT2D eigenvalue weighted by atomic mass is 79.9. The van der Waals surface area contributed by atoms with Crippen LogP contribution in [0.25, 0.3) is 0 Å². The number of halogens is 2. The van der Waals surface area contributed by atoms with Crippen LogP contribution in [0.2, 0.25) is 5.02 Å². The number of ether oxygens (including phenoxy) is 1. The molecular formula is C12H15BrClNO2S. The fourth-order valence-corrected chi connectivity index (χ4v) is 3.52. The van der Waals surface area contributed by atoms with E-state index in [-0.39, 0.29) is 18.1 Å². The Balaban J connectivity index is 2.19. The van der Waals surface area contributed by atoms with Crippen molar-refractivity contribution in [1.29, 1.82) is 0 Å². The molecule has 1 aliphatic rings. The third-order valence-corrected chi connectivity index (χ3v) is 5.44. The van der Waals surface area contributed by atoms with Crippen LogP contribution in [-0.4, -0.2) is 41.4 Å². The zero-order valence-electron chi connectivity index (χ0n) is 10.3. The minimum Gasteiger partial charge on any atom is -0.373 e. The number of morpholine rings is 1. The SMILES string of the molecule is Cc1csc(C(=O)N2CC(CBr)OCC2C)c1Cl. The van der Waals surface area contributed by atoms with Crippen molar-refractivity contribution in [3.8, 4) is 0 Å². The Hall–Kier alpha value is -0.100. The van der Waals surface area contributed by atoms with Crippen molar-refractivity contribution in [1.82, 2.24) is 4.90 Å². The van der Waals surface area contributed by atoms with Crippen molar-refractivity contribution in [2.45, 2.75) is 26.0 Å². The molecule has 0 aliphatic carbocycles. The van der Waals surface area contributed by atoms with Gasteiger partial charge in [0.1, 0.15) is 4.88 Å². The first-order chi connectivity index (χ1) is 8.54. The number of aryl methyl sites for hydroxylation is 1. The van der Waals surface area contributed by atoms with Gasteiger partial charge in [0.05, 0.1) is 23.8 Å².